The predicted molar refractivity (Wildman–Crippen MR) is 55.8 cm³/mol. The molecule has 13 heavy (non-hydrogen) atoms. The van der Waals surface area contributed by atoms with Gasteiger partial charge in [-0.2, -0.15) is 0 Å². The van der Waals surface area contributed by atoms with E-state index in [0.29, 0.717) is 13.2 Å². The minimum absolute atomic E-state index is 0.664. The molecular formula is C10H14O2S. The van der Waals surface area contributed by atoms with Crippen LogP contribution < -0.4 is 0 Å². The first kappa shape index (κ1) is 10.6. The molecule has 2 nitrogen and oxygen atoms in total. The van der Waals surface area contributed by atoms with Crippen molar-refractivity contribution in [1.82, 2.24) is 0 Å². The van der Waals surface area contributed by atoms with E-state index in [2.05, 4.69) is 0 Å². The molecule has 1 rings (SSSR count). The molecule has 0 aliphatic heterocycles. The van der Waals surface area contributed by atoms with Crippen LogP contribution >= 0.6 is 12.0 Å². The number of hydrogen-bond donors (Lipinski definition) is 1. The zero-order chi connectivity index (χ0) is 9.36. The fourth-order valence-corrected chi connectivity index (χ4v) is 1.24. The molecule has 0 saturated heterocycles. The molecule has 0 aromatic heterocycles. The van der Waals surface area contributed by atoms with Gasteiger partial charge in [0.25, 0.3) is 0 Å². The van der Waals surface area contributed by atoms with Crippen molar-refractivity contribution in [3.63, 3.8) is 0 Å². The lowest BCUT2D eigenvalue weighted by molar-refractivity contribution is 0.122. The molecular weight excluding hydrogens is 184 g/mol. The van der Waals surface area contributed by atoms with E-state index in [0.717, 1.165) is 24.2 Å². The van der Waals surface area contributed by atoms with Gasteiger partial charge in [-0.05, 0) is 24.0 Å². The van der Waals surface area contributed by atoms with Gasteiger partial charge in [0.2, 0.25) is 0 Å². The van der Waals surface area contributed by atoms with Gasteiger partial charge in [0.1, 0.15) is 0 Å². The molecule has 1 N–H and O–H groups in total. The van der Waals surface area contributed by atoms with Gasteiger partial charge < -0.3 is 9.29 Å². The average molecular weight is 198 g/mol. The molecule has 0 spiro atoms. The highest BCUT2D eigenvalue weighted by Gasteiger charge is 1.91. The van der Waals surface area contributed by atoms with E-state index in [9.17, 15) is 0 Å². The first-order valence-electron chi connectivity index (χ1n) is 4.31. The summed E-state index contributed by atoms with van der Waals surface area (Å²) in [6.07, 6.45) is 0.897. The minimum Gasteiger partial charge on any atom is -0.377 e. The van der Waals surface area contributed by atoms with Crippen molar-refractivity contribution in [3.05, 3.63) is 35.9 Å². The van der Waals surface area contributed by atoms with Crippen LogP contribution in [0.1, 0.15) is 12.0 Å². The van der Waals surface area contributed by atoms with Crippen molar-refractivity contribution < 1.29 is 9.29 Å². The third kappa shape index (κ3) is 4.93. The van der Waals surface area contributed by atoms with Crippen LogP contribution in [0.4, 0.5) is 0 Å². The molecule has 0 atom stereocenters. The zero-order valence-electron chi connectivity index (χ0n) is 7.48. The SMILES string of the molecule is OSCCCOCc1ccccc1. The highest BCUT2D eigenvalue weighted by molar-refractivity contribution is 7.93. The summed E-state index contributed by atoms with van der Waals surface area (Å²) in [6, 6.07) is 10.1. The van der Waals surface area contributed by atoms with Gasteiger partial charge in [-0.3, -0.25) is 0 Å². The highest BCUT2D eigenvalue weighted by Crippen LogP contribution is 2.01. The van der Waals surface area contributed by atoms with Crippen LogP contribution in [0.15, 0.2) is 30.3 Å². The first-order chi connectivity index (χ1) is 6.43. The number of rotatable bonds is 6. The Hall–Kier alpha value is -0.510. The molecule has 0 aliphatic rings. The molecule has 3 heteroatoms. The maximum atomic E-state index is 8.44. The Balaban J connectivity index is 2.07. The molecule has 0 fully saturated rings. The summed E-state index contributed by atoms with van der Waals surface area (Å²) in [5, 5.41) is 0. The maximum Gasteiger partial charge on any atom is 0.0716 e. The Kier molecular flexibility index (Phi) is 5.65. The number of benzene rings is 1. The second kappa shape index (κ2) is 6.95. The zero-order valence-corrected chi connectivity index (χ0v) is 8.30. The van der Waals surface area contributed by atoms with Gasteiger partial charge >= 0.3 is 0 Å². The molecule has 1 aromatic carbocycles. The van der Waals surface area contributed by atoms with Crippen LogP contribution in [0.2, 0.25) is 0 Å². The van der Waals surface area contributed by atoms with Gasteiger partial charge in [-0.1, -0.05) is 30.3 Å². The molecule has 0 bridgehead atoms. The summed E-state index contributed by atoms with van der Waals surface area (Å²) in [5.41, 5.74) is 1.19. The average Bonchev–Trinajstić information content (AvgIpc) is 2.19. The van der Waals surface area contributed by atoms with E-state index in [1.54, 1.807) is 0 Å². The van der Waals surface area contributed by atoms with E-state index < -0.39 is 0 Å². The minimum atomic E-state index is 0.664. The molecule has 0 amide bonds. The van der Waals surface area contributed by atoms with Gasteiger partial charge in [0.05, 0.1) is 6.61 Å². The highest BCUT2D eigenvalue weighted by atomic mass is 32.2. The smallest absolute Gasteiger partial charge is 0.0716 e. The fourth-order valence-electron chi connectivity index (χ4n) is 0.990. The van der Waals surface area contributed by atoms with Gasteiger partial charge in [-0.15, -0.1) is 0 Å². The lowest BCUT2D eigenvalue weighted by Gasteiger charge is -2.02. The largest absolute Gasteiger partial charge is 0.377 e. The normalized spacial score (nSPS) is 10.2. The molecule has 1 aromatic rings. The first-order valence-corrected chi connectivity index (χ1v) is 5.26. The van der Waals surface area contributed by atoms with Crippen molar-refractivity contribution in [2.75, 3.05) is 12.4 Å². The van der Waals surface area contributed by atoms with E-state index in [1.807, 2.05) is 30.3 Å². The maximum absolute atomic E-state index is 8.44. The Morgan fingerprint density at radius 3 is 2.69 bits per heavy atom. The predicted octanol–water partition coefficient (Wildman–Crippen LogP) is 2.80. The third-order valence-corrected chi connectivity index (χ3v) is 2.11. The Morgan fingerprint density at radius 1 is 1.23 bits per heavy atom. The quantitative estimate of drug-likeness (QED) is 0.563. The monoisotopic (exact) mass is 198 g/mol. The lowest BCUT2D eigenvalue weighted by Crippen LogP contribution is -1.96. The van der Waals surface area contributed by atoms with E-state index in [4.69, 9.17) is 9.29 Å². The molecule has 0 heterocycles. The summed E-state index contributed by atoms with van der Waals surface area (Å²) in [7, 11) is 0. The van der Waals surface area contributed by atoms with Crippen LogP contribution in [0.3, 0.4) is 0 Å². The number of hydrogen-bond acceptors (Lipinski definition) is 3. The third-order valence-electron chi connectivity index (χ3n) is 1.64. The molecule has 0 saturated carbocycles. The Bertz CT molecular complexity index is 213. The Morgan fingerprint density at radius 2 is 2.00 bits per heavy atom. The standard InChI is InChI=1S/C10H14O2S/c11-13-8-4-7-12-9-10-5-2-1-3-6-10/h1-3,5-6,11H,4,7-9H2. The molecule has 0 aliphatic carbocycles. The topological polar surface area (TPSA) is 29.5 Å². The Labute approximate surface area is 83.1 Å². The van der Waals surface area contributed by atoms with Crippen molar-refractivity contribution in [3.8, 4) is 0 Å². The van der Waals surface area contributed by atoms with Crippen LogP contribution in [0, 0.1) is 0 Å². The summed E-state index contributed by atoms with van der Waals surface area (Å²) in [4.78, 5) is 0. The lowest BCUT2D eigenvalue weighted by atomic mass is 10.2. The van der Waals surface area contributed by atoms with E-state index in [-0.39, 0.29) is 0 Å². The molecule has 0 radical (unpaired) electrons. The molecule has 72 valence electrons. The van der Waals surface area contributed by atoms with Crippen molar-refractivity contribution >= 4 is 12.0 Å². The summed E-state index contributed by atoms with van der Waals surface area (Å²) in [5.74, 6) is 0.745. The van der Waals surface area contributed by atoms with Gasteiger partial charge in [0, 0.05) is 12.4 Å². The number of ether oxygens (including phenoxy) is 1. The van der Waals surface area contributed by atoms with Gasteiger partial charge in [0.15, 0.2) is 0 Å². The van der Waals surface area contributed by atoms with Crippen molar-refractivity contribution in [2.24, 2.45) is 0 Å². The summed E-state index contributed by atoms with van der Waals surface area (Å²) < 4.78 is 13.8. The summed E-state index contributed by atoms with van der Waals surface area (Å²) in [6.45, 7) is 1.37. The second-order valence-electron chi connectivity index (χ2n) is 2.72. The van der Waals surface area contributed by atoms with E-state index in [1.165, 1.54) is 5.56 Å². The molecule has 0 unspecified atom stereocenters. The van der Waals surface area contributed by atoms with Crippen molar-refractivity contribution in [2.45, 2.75) is 13.0 Å². The van der Waals surface area contributed by atoms with Crippen molar-refractivity contribution in [1.29, 1.82) is 0 Å². The fraction of sp³-hybridized carbons (Fsp3) is 0.400. The van der Waals surface area contributed by atoms with E-state index >= 15 is 0 Å². The van der Waals surface area contributed by atoms with Gasteiger partial charge in [-0.25, -0.2) is 0 Å². The second-order valence-corrected chi connectivity index (χ2v) is 3.39. The van der Waals surface area contributed by atoms with Crippen LogP contribution in [0.25, 0.3) is 0 Å². The summed E-state index contributed by atoms with van der Waals surface area (Å²) >= 11 is 0.868. The van der Waals surface area contributed by atoms with Crippen LogP contribution in [0.5, 0.6) is 0 Å². The van der Waals surface area contributed by atoms with Crippen LogP contribution in [-0.2, 0) is 11.3 Å². The van der Waals surface area contributed by atoms with Crippen LogP contribution in [-0.4, -0.2) is 16.9 Å².